The third-order valence-electron chi connectivity index (χ3n) is 2.34. The molecular formula is C13H10F2N2O2S. The zero-order chi connectivity index (χ0) is 14.5. The second kappa shape index (κ2) is 6.33. The van der Waals surface area contributed by atoms with Gasteiger partial charge in [0.15, 0.2) is 17.8 Å². The molecule has 0 aliphatic rings. The molecular weight excluding hydrogens is 286 g/mol. The number of hydrogen-bond donors (Lipinski definition) is 1. The molecule has 20 heavy (non-hydrogen) atoms. The Hall–Kier alpha value is -2.15. The van der Waals surface area contributed by atoms with E-state index in [-0.39, 0.29) is 11.4 Å². The van der Waals surface area contributed by atoms with Crippen LogP contribution in [-0.2, 0) is 4.79 Å². The van der Waals surface area contributed by atoms with Gasteiger partial charge in [-0.25, -0.2) is 8.78 Å². The van der Waals surface area contributed by atoms with Gasteiger partial charge in [0.1, 0.15) is 0 Å². The van der Waals surface area contributed by atoms with Gasteiger partial charge in [-0.3, -0.25) is 4.79 Å². The predicted molar refractivity (Wildman–Crippen MR) is 71.1 cm³/mol. The van der Waals surface area contributed by atoms with Crippen molar-refractivity contribution in [3.8, 4) is 0 Å². The first-order valence-corrected chi connectivity index (χ1v) is 6.61. The Morgan fingerprint density at radius 1 is 1.25 bits per heavy atom. The molecule has 0 aliphatic heterocycles. The monoisotopic (exact) mass is 296 g/mol. The van der Waals surface area contributed by atoms with E-state index in [0.717, 1.165) is 23.9 Å². The van der Waals surface area contributed by atoms with Crippen LogP contribution < -0.4 is 10.0 Å². The van der Waals surface area contributed by atoms with Crippen molar-refractivity contribution in [2.24, 2.45) is 0 Å². The maximum Gasteiger partial charge on any atom is 0.251 e. The Labute approximate surface area is 118 Å². The Bertz CT molecular complexity index is 638. The summed E-state index contributed by atoms with van der Waals surface area (Å²) in [6, 6.07) is 7.94. The number of halogens is 2. The van der Waals surface area contributed by atoms with E-state index < -0.39 is 17.5 Å². The van der Waals surface area contributed by atoms with Gasteiger partial charge in [-0.1, -0.05) is 0 Å². The lowest BCUT2D eigenvalue weighted by Gasteiger charge is -2.05. The second-order valence-corrected chi connectivity index (χ2v) is 4.83. The largest absolute Gasteiger partial charge is 0.618 e. The van der Waals surface area contributed by atoms with E-state index in [1.807, 2.05) is 0 Å². The van der Waals surface area contributed by atoms with Crippen molar-refractivity contribution in [2.45, 2.75) is 5.03 Å². The molecule has 1 N–H and O–H groups in total. The average Bonchev–Trinajstić information content (AvgIpc) is 2.42. The first-order chi connectivity index (χ1) is 9.56. The molecule has 0 spiro atoms. The van der Waals surface area contributed by atoms with Crippen molar-refractivity contribution in [1.82, 2.24) is 0 Å². The van der Waals surface area contributed by atoms with Gasteiger partial charge in [-0.2, -0.15) is 4.73 Å². The maximum absolute atomic E-state index is 13.0. The highest BCUT2D eigenvalue weighted by Gasteiger charge is 2.10. The minimum absolute atomic E-state index is 0.00868. The number of benzene rings is 1. The zero-order valence-corrected chi connectivity index (χ0v) is 11.0. The van der Waals surface area contributed by atoms with E-state index in [4.69, 9.17) is 0 Å². The molecule has 4 nitrogen and oxygen atoms in total. The molecule has 0 unspecified atom stereocenters. The van der Waals surface area contributed by atoms with E-state index in [9.17, 15) is 18.8 Å². The molecule has 0 saturated heterocycles. The van der Waals surface area contributed by atoms with E-state index >= 15 is 0 Å². The number of amides is 1. The van der Waals surface area contributed by atoms with Gasteiger partial charge in [0, 0.05) is 23.9 Å². The summed E-state index contributed by atoms with van der Waals surface area (Å²) in [7, 11) is 0. The molecule has 0 aliphatic carbocycles. The SMILES string of the molecule is O=C(CSc1cccc[n+]1[O-])Nc1ccc(F)c(F)c1. The Morgan fingerprint density at radius 3 is 2.75 bits per heavy atom. The molecule has 0 radical (unpaired) electrons. The molecule has 1 aromatic heterocycles. The van der Waals surface area contributed by atoms with E-state index in [1.165, 1.54) is 12.3 Å². The fourth-order valence-corrected chi connectivity index (χ4v) is 2.15. The smallest absolute Gasteiger partial charge is 0.251 e. The number of carbonyl (C=O) groups excluding carboxylic acids is 1. The molecule has 7 heteroatoms. The normalized spacial score (nSPS) is 10.3. The summed E-state index contributed by atoms with van der Waals surface area (Å²) in [6.45, 7) is 0. The first kappa shape index (κ1) is 14.3. The highest BCUT2D eigenvalue weighted by molar-refractivity contribution is 7.99. The highest BCUT2D eigenvalue weighted by atomic mass is 32.2. The van der Waals surface area contributed by atoms with Gasteiger partial charge < -0.3 is 10.5 Å². The van der Waals surface area contributed by atoms with Crippen LogP contribution >= 0.6 is 11.8 Å². The first-order valence-electron chi connectivity index (χ1n) is 5.62. The summed E-state index contributed by atoms with van der Waals surface area (Å²) in [5, 5.41) is 14.1. The molecule has 0 fully saturated rings. The summed E-state index contributed by atoms with van der Waals surface area (Å²) < 4.78 is 26.3. The second-order valence-electron chi connectivity index (χ2n) is 3.83. The van der Waals surface area contributed by atoms with Crippen LogP contribution in [0, 0.1) is 16.8 Å². The third-order valence-corrected chi connectivity index (χ3v) is 3.36. The van der Waals surface area contributed by atoms with Crippen LogP contribution in [0.2, 0.25) is 0 Å². The van der Waals surface area contributed by atoms with Crippen LogP contribution in [0.5, 0.6) is 0 Å². The number of anilines is 1. The standard InChI is InChI=1S/C13H10F2N2O2S/c14-10-5-4-9(7-11(10)15)16-12(18)8-20-13-3-1-2-6-17(13)19/h1-7H,8H2,(H,16,18). The zero-order valence-electron chi connectivity index (χ0n) is 10.2. The number of nitrogens with one attached hydrogen (secondary N) is 1. The highest BCUT2D eigenvalue weighted by Crippen LogP contribution is 2.15. The van der Waals surface area contributed by atoms with Gasteiger partial charge in [-0.05, 0) is 30.0 Å². The van der Waals surface area contributed by atoms with Gasteiger partial charge in [0.2, 0.25) is 5.91 Å². The molecule has 1 aromatic carbocycles. The lowest BCUT2D eigenvalue weighted by Crippen LogP contribution is -2.28. The predicted octanol–water partition coefficient (Wildman–Crippen LogP) is 2.33. The van der Waals surface area contributed by atoms with E-state index in [2.05, 4.69) is 5.32 Å². The summed E-state index contributed by atoms with van der Waals surface area (Å²) in [6.07, 6.45) is 1.33. The van der Waals surface area contributed by atoms with Crippen molar-refractivity contribution in [3.05, 3.63) is 59.4 Å². The van der Waals surface area contributed by atoms with Crippen LogP contribution in [0.15, 0.2) is 47.6 Å². The summed E-state index contributed by atoms with van der Waals surface area (Å²) in [5.41, 5.74) is 0.164. The van der Waals surface area contributed by atoms with Crippen molar-refractivity contribution in [3.63, 3.8) is 0 Å². The van der Waals surface area contributed by atoms with Gasteiger partial charge in [0.25, 0.3) is 5.03 Å². The molecule has 2 rings (SSSR count). The number of rotatable bonds is 4. The Kier molecular flexibility index (Phi) is 4.52. The van der Waals surface area contributed by atoms with Crippen molar-refractivity contribution < 1.29 is 18.3 Å². The fourth-order valence-electron chi connectivity index (χ4n) is 1.43. The molecule has 0 saturated carbocycles. The Morgan fingerprint density at radius 2 is 2.05 bits per heavy atom. The number of aromatic nitrogens is 1. The van der Waals surface area contributed by atoms with E-state index in [0.29, 0.717) is 9.76 Å². The minimum atomic E-state index is -1.03. The average molecular weight is 296 g/mol. The number of hydrogen-bond acceptors (Lipinski definition) is 3. The quantitative estimate of drug-likeness (QED) is 0.535. The lowest BCUT2D eigenvalue weighted by atomic mass is 10.3. The topological polar surface area (TPSA) is 56.0 Å². The number of thioether (sulfide) groups is 1. The molecule has 104 valence electrons. The molecule has 1 amide bonds. The maximum atomic E-state index is 13.0. The lowest BCUT2D eigenvalue weighted by molar-refractivity contribution is -0.645. The summed E-state index contributed by atoms with van der Waals surface area (Å²) in [5.74, 6) is -2.43. The fraction of sp³-hybridized carbons (Fsp3) is 0.0769. The van der Waals surface area contributed by atoms with Crippen LogP contribution in [0.1, 0.15) is 0 Å². The van der Waals surface area contributed by atoms with Crippen LogP contribution in [-0.4, -0.2) is 11.7 Å². The molecule has 0 atom stereocenters. The van der Waals surface area contributed by atoms with E-state index in [1.54, 1.807) is 18.2 Å². The Balaban J connectivity index is 1.93. The summed E-state index contributed by atoms with van der Waals surface area (Å²) >= 11 is 1.05. The van der Waals surface area contributed by atoms with Gasteiger partial charge >= 0.3 is 0 Å². The number of pyridine rings is 1. The van der Waals surface area contributed by atoms with Crippen LogP contribution in [0.3, 0.4) is 0 Å². The van der Waals surface area contributed by atoms with Crippen molar-refractivity contribution in [2.75, 3.05) is 11.1 Å². The van der Waals surface area contributed by atoms with Gasteiger partial charge in [-0.15, -0.1) is 0 Å². The number of nitrogens with zero attached hydrogens (tertiary/aromatic N) is 1. The van der Waals surface area contributed by atoms with Crippen LogP contribution in [0.25, 0.3) is 0 Å². The summed E-state index contributed by atoms with van der Waals surface area (Å²) in [4.78, 5) is 11.6. The van der Waals surface area contributed by atoms with Crippen LogP contribution in [0.4, 0.5) is 14.5 Å². The van der Waals surface area contributed by atoms with Crippen molar-refractivity contribution in [1.29, 1.82) is 0 Å². The third kappa shape index (κ3) is 3.67. The van der Waals surface area contributed by atoms with Gasteiger partial charge in [0.05, 0.1) is 5.75 Å². The molecule has 1 heterocycles. The minimum Gasteiger partial charge on any atom is -0.618 e. The molecule has 0 bridgehead atoms. The molecule has 2 aromatic rings. The van der Waals surface area contributed by atoms with Crippen molar-refractivity contribution >= 4 is 23.4 Å². The number of carbonyl (C=O) groups is 1.